The summed E-state index contributed by atoms with van der Waals surface area (Å²) >= 11 is 0. The highest BCUT2D eigenvalue weighted by Crippen LogP contribution is 2.35. The van der Waals surface area contributed by atoms with Gasteiger partial charge >= 0.3 is 6.18 Å². The summed E-state index contributed by atoms with van der Waals surface area (Å²) in [7, 11) is -2.20. The van der Waals surface area contributed by atoms with Gasteiger partial charge in [0.1, 0.15) is 6.04 Å². The van der Waals surface area contributed by atoms with Crippen molar-refractivity contribution in [3.63, 3.8) is 0 Å². The number of halogens is 3. The summed E-state index contributed by atoms with van der Waals surface area (Å²) < 4.78 is 65.5. The number of nitrogens with one attached hydrogen (secondary N) is 1. The maximum Gasteiger partial charge on any atom is 0.416 e. The first-order valence-electron chi connectivity index (χ1n) is 10.6. The zero-order chi connectivity index (χ0) is 24.3. The van der Waals surface area contributed by atoms with Crippen molar-refractivity contribution >= 4 is 21.4 Å². The highest BCUT2D eigenvalue weighted by Gasteiger charge is 2.32. The minimum Gasteiger partial charge on any atom is -0.385 e. The van der Waals surface area contributed by atoms with Crippen LogP contribution in [0.15, 0.2) is 94.0 Å². The molecule has 3 aromatic carbocycles. The first-order chi connectivity index (χ1) is 16.2. The van der Waals surface area contributed by atoms with Gasteiger partial charge < -0.3 is 5.32 Å². The lowest BCUT2D eigenvalue weighted by molar-refractivity contribution is -0.137. The fourth-order valence-corrected chi connectivity index (χ4v) is 4.94. The van der Waals surface area contributed by atoms with Crippen molar-refractivity contribution in [2.24, 2.45) is 16.1 Å². The van der Waals surface area contributed by atoms with Gasteiger partial charge in [-0.1, -0.05) is 30.3 Å². The van der Waals surface area contributed by atoms with E-state index in [2.05, 4.69) is 15.5 Å². The van der Waals surface area contributed by atoms with Crippen molar-refractivity contribution in [2.45, 2.75) is 17.1 Å². The maximum atomic E-state index is 12.9. The minimum atomic E-state index is -4.38. The van der Waals surface area contributed by atoms with Crippen LogP contribution in [-0.2, 0) is 16.2 Å². The number of rotatable bonds is 7. The number of azo groups is 1. The van der Waals surface area contributed by atoms with Crippen LogP contribution in [0.4, 0.5) is 24.5 Å². The molecule has 1 aliphatic heterocycles. The average molecular weight is 489 g/mol. The first kappa shape index (κ1) is 23.7. The monoisotopic (exact) mass is 488 g/mol. The Balaban J connectivity index is 1.40. The molecule has 0 bridgehead atoms. The van der Waals surface area contributed by atoms with E-state index in [1.165, 1.54) is 35.6 Å². The molecule has 0 amide bonds. The molecule has 2 unspecified atom stereocenters. The Kier molecular flexibility index (Phi) is 6.60. The lowest BCUT2D eigenvalue weighted by atomic mass is 9.94. The van der Waals surface area contributed by atoms with Gasteiger partial charge in [0.15, 0.2) is 0 Å². The number of hydrogen-bond acceptors (Lipinski definition) is 5. The number of nitrogens with zero attached hydrogens (tertiary/aromatic N) is 3. The van der Waals surface area contributed by atoms with Gasteiger partial charge in [0, 0.05) is 25.2 Å². The Morgan fingerprint density at radius 2 is 1.62 bits per heavy atom. The van der Waals surface area contributed by atoms with Gasteiger partial charge in [-0.2, -0.15) is 23.4 Å². The highest BCUT2D eigenvalue weighted by molar-refractivity contribution is 7.92. The zero-order valence-electron chi connectivity index (χ0n) is 18.3. The van der Waals surface area contributed by atoms with E-state index in [-0.39, 0.29) is 16.9 Å². The Labute approximate surface area is 196 Å². The Bertz CT molecular complexity index is 1250. The number of sulfonamides is 1. The van der Waals surface area contributed by atoms with E-state index in [9.17, 15) is 21.6 Å². The lowest BCUT2D eigenvalue weighted by Gasteiger charge is -2.20. The fraction of sp³-hybridized carbons (Fsp3) is 0.250. The average Bonchev–Trinajstić information content (AvgIpc) is 3.31. The quantitative estimate of drug-likeness (QED) is 0.459. The van der Waals surface area contributed by atoms with E-state index in [0.717, 1.165) is 17.8 Å². The largest absolute Gasteiger partial charge is 0.416 e. The molecule has 0 aliphatic carbocycles. The molecule has 6 nitrogen and oxygen atoms in total. The van der Waals surface area contributed by atoms with Crippen LogP contribution in [0.25, 0.3) is 0 Å². The summed E-state index contributed by atoms with van der Waals surface area (Å²) in [4.78, 5) is 0.165. The summed E-state index contributed by atoms with van der Waals surface area (Å²) in [5.74, 6) is -0.0376. The predicted molar refractivity (Wildman–Crippen MR) is 124 cm³/mol. The van der Waals surface area contributed by atoms with Crippen LogP contribution < -0.4 is 9.62 Å². The van der Waals surface area contributed by atoms with Crippen LogP contribution in [0.3, 0.4) is 0 Å². The van der Waals surface area contributed by atoms with Crippen molar-refractivity contribution in [1.29, 1.82) is 0 Å². The third-order valence-corrected chi connectivity index (χ3v) is 7.55. The second-order valence-electron chi connectivity index (χ2n) is 7.98. The highest BCUT2D eigenvalue weighted by atomic mass is 32.2. The zero-order valence-corrected chi connectivity index (χ0v) is 19.1. The Hall–Kier alpha value is -3.40. The Morgan fingerprint density at radius 1 is 0.971 bits per heavy atom. The number of para-hydroxylation sites is 1. The summed E-state index contributed by atoms with van der Waals surface area (Å²) in [5, 5.41) is 11.5. The van der Waals surface area contributed by atoms with Gasteiger partial charge in [0.05, 0.1) is 22.7 Å². The molecule has 3 aromatic rings. The molecule has 0 spiro atoms. The molecule has 1 heterocycles. The van der Waals surface area contributed by atoms with Gasteiger partial charge in [-0.25, -0.2) is 8.42 Å². The van der Waals surface area contributed by atoms with E-state index in [1.807, 2.05) is 6.07 Å². The standard InChI is InChI=1S/C24H23F3N4O2S/c1-31(21-5-3-2-4-6-21)34(32,33)22-13-11-20(12-14-22)28-15-18-16-29-30-23(18)17-7-9-19(10-8-17)24(25,26)27/h2-14,18,23,28H,15-16H2,1H3. The van der Waals surface area contributed by atoms with Crippen LogP contribution in [0, 0.1) is 5.92 Å². The van der Waals surface area contributed by atoms with Crippen LogP contribution in [0.2, 0.25) is 0 Å². The summed E-state index contributed by atoms with van der Waals surface area (Å²) in [6, 6.07) is 19.9. The van der Waals surface area contributed by atoms with Crippen molar-refractivity contribution in [2.75, 3.05) is 29.8 Å². The van der Waals surface area contributed by atoms with Crippen LogP contribution in [0.5, 0.6) is 0 Å². The molecule has 178 valence electrons. The van der Waals surface area contributed by atoms with Gasteiger partial charge in [0.25, 0.3) is 10.0 Å². The normalized spacial score (nSPS) is 18.1. The van der Waals surface area contributed by atoms with Gasteiger partial charge in [-0.3, -0.25) is 4.31 Å². The van der Waals surface area contributed by atoms with Crippen LogP contribution in [-0.4, -0.2) is 28.6 Å². The molecule has 0 fully saturated rings. The Morgan fingerprint density at radius 3 is 2.24 bits per heavy atom. The van der Waals surface area contributed by atoms with E-state index in [1.54, 1.807) is 36.4 Å². The second kappa shape index (κ2) is 9.46. The molecule has 0 saturated carbocycles. The molecule has 1 N–H and O–H groups in total. The fourth-order valence-electron chi connectivity index (χ4n) is 3.75. The number of benzene rings is 3. The minimum absolute atomic E-state index is 0.0376. The molecule has 1 aliphatic rings. The SMILES string of the molecule is CN(c1ccccc1)S(=O)(=O)c1ccc(NCC2CN=NC2c2ccc(C(F)(F)F)cc2)cc1. The second-order valence-corrected chi connectivity index (χ2v) is 9.95. The van der Waals surface area contributed by atoms with Gasteiger partial charge in [-0.05, 0) is 54.1 Å². The summed E-state index contributed by atoms with van der Waals surface area (Å²) in [6.07, 6.45) is -4.38. The molecule has 0 aromatic heterocycles. The molecular formula is C24H23F3N4O2S. The van der Waals surface area contributed by atoms with Gasteiger partial charge in [-0.15, -0.1) is 0 Å². The summed E-state index contributed by atoms with van der Waals surface area (Å²) in [5.41, 5.74) is 1.26. The third kappa shape index (κ3) is 5.06. The molecule has 34 heavy (non-hydrogen) atoms. The lowest BCUT2D eigenvalue weighted by Crippen LogP contribution is -2.26. The van der Waals surface area contributed by atoms with Crippen molar-refractivity contribution in [3.05, 3.63) is 90.0 Å². The van der Waals surface area contributed by atoms with E-state index in [0.29, 0.717) is 24.3 Å². The van der Waals surface area contributed by atoms with Crippen molar-refractivity contribution < 1.29 is 21.6 Å². The van der Waals surface area contributed by atoms with Crippen molar-refractivity contribution in [1.82, 2.24) is 0 Å². The molecule has 10 heteroatoms. The molecule has 0 radical (unpaired) electrons. The van der Waals surface area contributed by atoms with Crippen molar-refractivity contribution in [3.8, 4) is 0 Å². The third-order valence-electron chi connectivity index (χ3n) is 5.75. The smallest absolute Gasteiger partial charge is 0.385 e. The van der Waals surface area contributed by atoms with E-state index < -0.39 is 21.8 Å². The van der Waals surface area contributed by atoms with Gasteiger partial charge in [0.2, 0.25) is 0 Å². The molecule has 0 saturated heterocycles. The summed E-state index contributed by atoms with van der Waals surface area (Å²) in [6.45, 7) is 0.932. The number of anilines is 2. The molecule has 4 rings (SSSR count). The predicted octanol–water partition coefficient (Wildman–Crippen LogP) is 5.77. The molecule has 2 atom stereocenters. The topological polar surface area (TPSA) is 74.1 Å². The van der Waals surface area contributed by atoms with E-state index in [4.69, 9.17) is 0 Å². The number of hydrogen-bond donors (Lipinski definition) is 1. The van der Waals surface area contributed by atoms with Crippen LogP contribution >= 0.6 is 0 Å². The maximum absolute atomic E-state index is 12.9. The van der Waals surface area contributed by atoms with Crippen LogP contribution in [0.1, 0.15) is 17.2 Å². The molecular weight excluding hydrogens is 465 g/mol. The first-order valence-corrected chi connectivity index (χ1v) is 12.0. The van der Waals surface area contributed by atoms with E-state index >= 15 is 0 Å². The number of alkyl halides is 3.